The Labute approximate surface area is 113 Å². The summed E-state index contributed by atoms with van der Waals surface area (Å²) in [4.78, 5) is 0. The highest BCUT2D eigenvalue weighted by molar-refractivity contribution is 5.27. The normalized spacial score (nSPS) is 10.4. The van der Waals surface area contributed by atoms with Crippen LogP contribution in [0.2, 0.25) is 0 Å². The van der Waals surface area contributed by atoms with Crippen LogP contribution in [0, 0.1) is 5.82 Å². The molecular weight excluding hydrogens is 241 g/mol. The summed E-state index contributed by atoms with van der Waals surface area (Å²) in [6.45, 7) is 1.19. The average molecular weight is 259 g/mol. The zero-order chi connectivity index (χ0) is 13.5. The van der Waals surface area contributed by atoms with Gasteiger partial charge in [0, 0.05) is 6.42 Å². The van der Waals surface area contributed by atoms with E-state index in [2.05, 4.69) is 0 Å². The summed E-state index contributed by atoms with van der Waals surface area (Å²) in [5.41, 5.74) is 7.65. The van der Waals surface area contributed by atoms with E-state index < -0.39 is 0 Å². The van der Waals surface area contributed by atoms with Crippen LogP contribution in [0.25, 0.3) is 0 Å². The Bertz CT molecular complexity index is 510. The summed E-state index contributed by atoms with van der Waals surface area (Å²) in [6, 6.07) is 14.5. The number of benzene rings is 2. The number of ether oxygens (including phenoxy) is 1. The van der Waals surface area contributed by atoms with Gasteiger partial charge in [0.15, 0.2) is 0 Å². The van der Waals surface area contributed by atoms with Crippen LogP contribution in [-0.2, 0) is 12.8 Å². The van der Waals surface area contributed by atoms with Gasteiger partial charge in [-0.1, -0.05) is 24.3 Å². The second-order valence-electron chi connectivity index (χ2n) is 4.41. The van der Waals surface area contributed by atoms with Gasteiger partial charge in [0.25, 0.3) is 0 Å². The Morgan fingerprint density at radius 1 is 0.947 bits per heavy atom. The van der Waals surface area contributed by atoms with Crippen molar-refractivity contribution in [3.05, 3.63) is 65.5 Å². The van der Waals surface area contributed by atoms with Crippen molar-refractivity contribution >= 4 is 0 Å². The molecule has 2 aromatic rings. The van der Waals surface area contributed by atoms with Gasteiger partial charge in [0.1, 0.15) is 11.6 Å². The van der Waals surface area contributed by atoms with Gasteiger partial charge >= 0.3 is 0 Å². The van der Waals surface area contributed by atoms with E-state index in [1.807, 2.05) is 30.3 Å². The average Bonchev–Trinajstić information content (AvgIpc) is 2.41. The number of hydrogen-bond acceptors (Lipinski definition) is 2. The molecule has 100 valence electrons. The Kier molecular flexibility index (Phi) is 4.93. The smallest absolute Gasteiger partial charge is 0.123 e. The Morgan fingerprint density at radius 2 is 1.74 bits per heavy atom. The van der Waals surface area contributed by atoms with Crippen molar-refractivity contribution in [3.8, 4) is 5.75 Å². The predicted molar refractivity (Wildman–Crippen MR) is 74.8 cm³/mol. The lowest BCUT2D eigenvalue weighted by molar-refractivity contribution is 0.321. The fourth-order valence-electron chi connectivity index (χ4n) is 1.90. The van der Waals surface area contributed by atoms with Gasteiger partial charge in [-0.15, -0.1) is 0 Å². The second-order valence-corrected chi connectivity index (χ2v) is 4.41. The molecule has 0 aromatic heterocycles. The van der Waals surface area contributed by atoms with Gasteiger partial charge in [0.2, 0.25) is 0 Å². The molecule has 19 heavy (non-hydrogen) atoms. The quantitative estimate of drug-likeness (QED) is 0.865. The molecular formula is C16H18FNO. The van der Waals surface area contributed by atoms with E-state index in [1.165, 1.54) is 17.7 Å². The SMILES string of the molecule is NCCc1ccc(OCCc2cccc(F)c2)cc1. The van der Waals surface area contributed by atoms with Crippen LogP contribution in [0.3, 0.4) is 0 Å². The Hall–Kier alpha value is -1.87. The molecule has 0 atom stereocenters. The molecule has 0 heterocycles. The van der Waals surface area contributed by atoms with Crippen LogP contribution in [0.5, 0.6) is 5.75 Å². The molecule has 0 aliphatic heterocycles. The third-order valence-corrected chi connectivity index (χ3v) is 2.90. The van der Waals surface area contributed by atoms with Gasteiger partial charge in [-0.25, -0.2) is 4.39 Å². The lowest BCUT2D eigenvalue weighted by atomic mass is 10.1. The lowest BCUT2D eigenvalue weighted by Gasteiger charge is -2.07. The highest BCUT2D eigenvalue weighted by Gasteiger charge is 1.98. The maximum Gasteiger partial charge on any atom is 0.123 e. The van der Waals surface area contributed by atoms with Crippen molar-refractivity contribution in [3.63, 3.8) is 0 Å². The molecule has 0 radical (unpaired) electrons. The number of halogens is 1. The second kappa shape index (κ2) is 6.90. The van der Waals surface area contributed by atoms with Crippen LogP contribution in [-0.4, -0.2) is 13.2 Å². The zero-order valence-corrected chi connectivity index (χ0v) is 10.8. The molecule has 2 nitrogen and oxygen atoms in total. The van der Waals surface area contributed by atoms with Crippen LogP contribution < -0.4 is 10.5 Å². The highest BCUT2D eigenvalue weighted by Crippen LogP contribution is 2.13. The molecule has 0 saturated carbocycles. The van der Waals surface area contributed by atoms with E-state index in [1.54, 1.807) is 6.07 Å². The monoisotopic (exact) mass is 259 g/mol. The van der Waals surface area contributed by atoms with Crippen molar-refractivity contribution in [1.29, 1.82) is 0 Å². The van der Waals surface area contributed by atoms with E-state index in [0.29, 0.717) is 19.6 Å². The van der Waals surface area contributed by atoms with Crippen molar-refractivity contribution < 1.29 is 9.13 Å². The van der Waals surface area contributed by atoms with Crippen molar-refractivity contribution in [2.24, 2.45) is 5.73 Å². The van der Waals surface area contributed by atoms with E-state index in [4.69, 9.17) is 10.5 Å². The van der Waals surface area contributed by atoms with Gasteiger partial charge in [-0.3, -0.25) is 0 Å². The molecule has 0 spiro atoms. The standard InChI is InChI=1S/C16H18FNO/c17-15-3-1-2-14(12-15)9-11-19-16-6-4-13(5-7-16)8-10-18/h1-7,12H,8-11,18H2. The number of hydrogen-bond donors (Lipinski definition) is 1. The van der Waals surface area contributed by atoms with E-state index in [-0.39, 0.29) is 5.82 Å². The lowest BCUT2D eigenvalue weighted by Crippen LogP contribution is -2.03. The summed E-state index contributed by atoms with van der Waals surface area (Å²) in [6.07, 6.45) is 1.58. The van der Waals surface area contributed by atoms with Crippen LogP contribution in [0.4, 0.5) is 4.39 Å². The van der Waals surface area contributed by atoms with Gasteiger partial charge < -0.3 is 10.5 Å². The first-order valence-electron chi connectivity index (χ1n) is 6.44. The third-order valence-electron chi connectivity index (χ3n) is 2.90. The molecule has 0 fully saturated rings. The first-order valence-corrected chi connectivity index (χ1v) is 6.44. The topological polar surface area (TPSA) is 35.2 Å². The third kappa shape index (κ3) is 4.38. The molecule has 0 saturated heterocycles. The zero-order valence-electron chi connectivity index (χ0n) is 10.8. The summed E-state index contributed by atoms with van der Waals surface area (Å²) in [7, 11) is 0. The molecule has 0 amide bonds. The highest BCUT2D eigenvalue weighted by atomic mass is 19.1. The predicted octanol–water partition coefficient (Wildman–Crippen LogP) is 2.95. The van der Waals surface area contributed by atoms with Gasteiger partial charge in [-0.2, -0.15) is 0 Å². The minimum atomic E-state index is -0.205. The van der Waals surface area contributed by atoms with Gasteiger partial charge in [0.05, 0.1) is 6.61 Å². The van der Waals surface area contributed by atoms with E-state index in [9.17, 15) is 4.39 Å². The molecule has 0 aliphatic carbocycles. The number of nitrogens with two attached hydrogens (primary N) is 1. The van der Waals surface area contributed by atoms with E-state index in [0.717, 1.165) is 17.7 Å². The Balaban J connectivity index is 1.82. The maximum absolute atomic E-state index is 13.0. The number of rotatable bonds is 6. The molecule has 3 heteroatoms. The fraction of sp³-hybridized carbons (Fsp3) is 0.250. The largest absolute Gasteiger partial charge is 0.493 e. The van der Waals surface area contributed by atoms with Crippen LogP contribution in [0.1, 0.15) is 11.1 Å². The van der Waals surface area contributed by atoms with Crippen LogP contribution in [0.15, 0.2) is 48.5 Å². The molecule has 0 unspecified atom stereocenters. The van der Waals surface area contributed by atoms with Crippen molar-refractivity contribution in [1.82, 2.24) is 0 Å². The molecule has 0 bridgehead atoms. The summed E-state index contributed by atoms with van der Waals surface area (Å²) >= 11 is 0. The van der Waals surface area contributed by atoms with E-state index >= 15 is 0 Å². The van der Waals surface area contributed by atoms with Crippen LogP contribution >= 0.6 is 0 Å². The summed E-state index contributed by atoms with van der Waals surface area (Å²) in [5.74, 6) is 0.626. The minimum absolute atomic E-state index is 0.205. The maximum atomic E-state index is 13.0. The van der Waals surface area contributed by atoms with Crippen molar-refractivity contribution in [2.45, 2.75) is 12.8 Å². The van der Waals surface area contributed by atoms with Gasteiger partial charge in [-0.05, 0) is 48.4 Å². The molecule has 2 aromatic carbocycles. The van der Waals surface area contributed by atoms with Crippen molar-refractivity contribution in [2.75, 3.05) is 13.2 Å². The minimum Gasteiger partial charge on any atom is -0.493 e. The first-order chi connectivity index (χ1) is 9.28. The first kappa shape index (κ1) is 13.6. The molecule has 2 N–H and O–H groups in total. The molecule has 0 aliphatic rings. The fourth-order valence-corrected chi connectivity index (χ4v) is 1.90. The molecule has 2 rings (SSSR count). The Morgan fingerprint density at radius 3 is 2.42 bits per heavy atom. The summed E-state index contributed by atoms with van der Waals surface area (Å²) in [5, 5.41) is 0. The summed E-state index contributed by atoms with van der Waals surface area (Å²) < 4.78 is 18.6.